The van der Waals surface area contributed by atoms with Gasteiger partial charge in [0.05, 0.1) is 13.0 Å². The molecule has 0 aliphatic rings. The average molecular weight is 355 g/mol. The van der Waals surface area contributed by atoms with E-state index in [-0.39, 0.29) is 24.3 Å². The summed E-state index contributed by atoms with van der Waals surface area (Å²) < 4.78 is 31.0. The van der Waals surface area contributed by atoms with Crippen molar-refractivity contribution in [1.29, 1.82) is 0 Å². The zero-order valence-corrected chi connectivity index (χ0v) is 11.6. The Hall–Kier alpha value is -0.790. The molecule has 0 atom stereocenters. The molecule has 0 spiro atoms. The highest BCUT2D eigenvalue weighted by molar-refractivity contribution is 14.1. The van der Waals surface area contributed by atoms with Gasteiger partial charge in [0.2, 0.25) is 0 Å². The van der Waals surface area contributed by atoms with E-state index in [1.165, 1.54) is 6.20 Å². The van der Waals surface area contributed by atoms with Gasteiger partial charge in [0.25, 0.3) is 6.43 Å². The minimum absolute atomic E-state index is 0.164. The van der Waals surface area contributed by atoms with Gasteiger partial charge in [-0.25, -0.2) is 8.78 Å². The first kappa shape index (κ1) is 14.3. The summed E-state index contributed by atoms with van der Waals surface area (Å²) in [7, 11) is 0. The van der Waals surface area contributed by atoms with Gasteiger partial charge >= 0.3 is 5.97 Å². The Bertz CT molecular complexity index is 424. The minimum Gasteiger partial charge on any atom is -0.466 e. The molecule has 0 N–H and O–H groups in total. The van der Waals surface area contributed by atoms with Gasteiger partial charge in [-0.05, 0) is 47.6 Å². The maximum atomic E-state index is 12.8. The summed E-state index contributed by atoms with van der Waals surface area (Å²) in [5.74, 6) is -0.513. The van der Waals surface area contributed by atoms with Gasteiger partial charge < -0.3 is 4.74 Å². The second-order valence-electron chi connectivity index (χ2n) is 3.38. The SMILES string of the molecule is CCOC(=O)Cc1c(C(F)F)ncc(I)c1C. The topological polar surface area (TPSA) is 39.2 Å². The van der Waals surface area contributed by atoms with Crippen LogP contribution in [-0.2, 0) is 16.0 Å². The van der Waals surface area contributed by atoms with Crippen LogP contribution in [0.15, 0.2) is 6.20 Å². The molecular weight excluding hydrogens is 343 g/mol. The molecule has 1 aromatic heterocycles. The molecule has 0 saturated carbocycles. The van der Waals surface area contributed by atoms with E-state index in [4.69, 9.17) is 4.74 Å². The standard InChI is InChI=1S/C11H12F2INO2/c1-3-17-9(16)4-7-6(2)8(14)5-15-10(7)11(12)13/h5,11H,3-4H2,1-2H3. The second kappa shape index (κ2) is 6.23. The summed E-state index contributed by atoms with van der Waals surface area (Å²) in [4.78, 5) is 15.0. The predicted molar refractivity (Wildman–Crippen MR) is 67.0 cm³/mol. The molecule has 1 aromatic rings. The van der Waals surface area contributed by atoms with Crippen LogP contribution in [0.1, 0.15) is 30.2 Å². The van der Waals surface area contributed by atoms with Crippen molar-refractivity contribution in [1.82, 2.24) is 4.98 Å². The molecule has 0 bridgehead atoms. The molecule has 1 rings (SSSR count). The summed E-state index contributed by atoms with van der Waals surface area (Å²) >= 11 is 2.00. The van der Waals surface area contributed by atoms with Crippen LogP contribution in [0.4, 0.5) is 8.78 Å². The molecule has 0 saturated heterocycles. The summed E-state index contributed by atoms with van der Waals surface area (Å²) in [6.07, 6.45) is -1.47. The van der Waals surface area contributed by atoms with E-state index in [0.29, 0.717) is 5.56 Å². The number of carbonyl (C=O) groups excluding carboxylic acids is 1. The maximum Gasteiger partial charge on any atom is 0.310 e. The molecule has 0 fully saturated rings. The van der Waals surface area contributed by atoms with Crippen molar-refractivity contribution >= 4 is 28.6 Å². The maximum absolute atomic E-state index is 12.8. The highest BCUT2D eigenvalue weighted by atomic mass is 127. The van der Waals surface area contributed by atoms with Crippen LogP contribution < -0.4 is 0 Å². The molecule has 6 heteroatoms. The van der Waals surface area contributed by atoms with Crippen LogP contribution in [0.25, 0.3) is 0 Å². The van der Waals surface area contributed by atoms with Gasteiger partial charge in [0.1, 0.15) is 5.69 Å². The van der Waals surface area contributed by atoms with Gasteiger partial charge in [-0.15, -0.1) is 0 Å². The van der Waals surface area contributed by atoms with Gasteiger partial charge in [0.15, 0.2) is 0 Å². The minimum atomic E-state index is -2.69. The second-order valence-corrected chi connectivity index (χ2v) is 4.54. The lowest BCUT2D eigenvalue weighted by Crippen LogP contribution is -2.12. The normalized spacial score (nSPS) is 10.7. The first-order chi connectivity index (χ1) is 7.97. The average Bonchev–Trinajstić information content (AvgIpc) is 2.25. The van der Waals surface area contributed by atoms with Crippen molar-refractivity contribution < 1.29 is 18.3 Å². The van der Waals surface area contributed by atoms with Crippen molar-refractivity contribution in [2.24, 2.45) is 0 Å². The first-order valence-electron chi connectivity index (χ1n) is 5.05. The highest BCUT2D eigenvalue weighted by Gasteiger charge is 2.20. The van der Waals surface area contributed by atoms with Gasteiger partial charge in [-0.1, -0.05) is 0 Å². The summed E-state index contributed by atoms with van der Waals surface area (Å²) in [5.41, 5.74) is 0.588. The molecule has 0 amide bonds. The van der Waals surface area contributed by atoms with Crippen molar-refractivity contribution in [2.45, 2.75) is 26.7 Å². The number of rotatable bonds is 4. The zero-order valence-electron chi connectivity index (χ0n) is 9.47. The Balaban J connectivity index is 3.10. The number of pyridine rings is 1. The Morgan fingerprint density at radius 3 is 2.76 bits per heavy atom. The molecule has 0 aliphatic carbocycles. The van der Waals surface area contributed by atoms with Crippen molar-refractivity contribution in [2.75, 3.05) is 6.61 Å². The predicted octanol–water partition coefficient (Wildman–Crippen LogP) is 3.04. The van der Waals surface area contributed by atoms with Crippen LogP contribution >= 0.6 is 22.6 Å². The zero-order chi connectivity index (χ0) is 13.0. The number of ether oxygens (including phenoxy) is 1. The molecule has 0 aliphatic heterocycles. The van der Waals surface area contributed by atoms with E-state index in [0.717, 1.165) is 3.57 Å². The highest BCUT2D eigenvalue weighted by Crippen LogP contribution is 2.26. The number of alkyl halides is 2. The van der Waals surface area contributed by atoms with E-state index < -0.39 is 12.4 Å². The monoisotopic (exact) mass is 355 g/mol. The Morgan fingerprint density at radius 1 is 1.59 bits per heavy atom. The lowest BCUT2D eigenvalue weighted by molar-refractivity contribution is -0.142. The fourth-order valence-electron chi connectivity index (χ4n) is 1.40. The number of hydrogen-bond acceptors (Lipinski definition) is 3. The van der Waals surface area contributed by atoms with E-state index in [1.54, 1.807) is 13.8 Å². The third kappa shape index (κ3) is 3.58. The molecule has 1 heterocycles. The largest absolute Gasteiger partial charge is 0.466 e. The lowest BCUT2D eigenvalue weighted by Gasteiger charge is -2.12. The fourth-order valence-corrected chi connectivity index (χ4v) is 1.87. The number of halogens is 3. The van der Waals surface area contributed by atoms with Gasteiger partial charge in [0, 0.05) is 9.77 Å². The quantitative estimate of drug-likeness (QED) is 0.616. The van der Waals surface area contributed by atoms with Gasteiger partial charge in [-0.3, -0.25) is 9.78 Å². The fraction of sp³-hybridized carbons (Fsp3) is 0.455. The lowest BCUT2D eigenvalue weighted by atomic mass is 10.0. The Labute approximate surface area is 112 Å². The molecule has 17 heavy (non-hydrogen) atoms. The Morgan fingerprint density at radius 2 is 2.24 bits per heavy atom. The smallest absolute Gasteiger partial charge is 0.310 e. The third-order valence-electron chi connectivity index (χ3n) is 2.27. The van der Waals surface area contributed by atoms with E-state index >= 15 is 0 Å². The van der Waals surface area contributed by atoms with Crippen molar-refractivity contribution in [3.05, 3.63) is 26.6 Å². The van der Waals surface area contributed by atoms with Crippen molar-refractivity contribution in [3.63, 3.8) is 0 Å². The number of esters is 1. The molecule has 3 nitrogen and oxygen atoms in total. The van der Waals surface area contributed by atoms with E-state index in [9.17, 15) is 13.6 Å². The molecule has 94 valence electrons. The Kier molecular flexibility index (Phi) is 5.23. The summed E-state index contributed by atoms with van der Waals surface area (Å²) in [6.45, 7) is 3.61. The van der Waals surface area contributed by atoms with Crippen molar-refractivity contribution in [3.8, 4) is 0 Å². The third-order valence-corrected chi connectivity index (χ3v) is 3.36. The number of nitrogens with zero attached hydrogens (tertiary/aromatic N) is 1. The molecule has 0 unspecified atom stereocenters. The van der Waals surface area contributed by atoms with Crippen LogP contribution in [0.2, 0.25) is 0 Å². The summed E-state index contributed by atoms with van der Waals surface area (Å²) in [5, 5.41) is 0. The number of aromatic nitrogens is 1. The van der Waals surface area contributed by atoms with E-state index in [1.807, 2.05) is 22.6 Å². The molecule has 0 radical (unpaired) electrons. The van der Waals surface area contributed by atoms with E-state index in [2.05, 4.69) is 4.98 Å². The molecule has 0 aromatic carbocycles. The van der Waals surface area contributed by atoms with Crippen LogP contribution in [0.5, 0.6) is 0 Å². The van der Waals surface area contributed by atoms with Gasteiger partial charge in [-0.2, -0.15) is 0 Å². The van der Waals surface area contributed by atoms with Crippen LogP contribution in [0, 0.1) is 10.5 Å². The van der Waals surface area contributed by atoms with Crippen LogP contribution in [0.3, 0.4) is 0 Å². The number of carbonyl (C=O) groups is 1. The number of hydrogen-bond donors (Lipinski definition) is 0. The first-order valence-corrected chi connectivity index (χ1v) is 6.12. The van der Waals surface area contributed by atoms with Crippen LogP contribution in [-0.4, -0.2) is 17.6 Å². The molecular formula is C11H12F2INO2. The summed E-state index contributed by atoms with van der Waals surface area (Å²) in [6, 6.07) is 0.